The van der Waals surface area contributed by atoms with Crippen molar-refractivity contribution in [3.63, 3.8) is 0 Å². The number of para-hydroxylation sites is 4. The second kappa shape index (κ2) is 15.9. The third-order valence-corrected chi connectivity index (χ3v) is 10.6. The van der Waals surface area contributed by atoms with Crippen molar-refractivity contribution in [1.29, 1.82) is 0 Å². The summed E-state index contributed by atoms with van der Waals surface area (Å²) in [5.41, 5.74) is 13.1. The number of hydrogen-bond acceptors (Lipinski definition) is 5. The first-order valence-electron chi connectivity index (χ1n) is 18.8. The highest BCUT2D eigenvalue weighted by atomic mass is 16.4. The van der Waals surface area contributed by atoms with Gasteiger partial charge in [-0.25, -0.2) is 4.79 Å². The van der Waals surface area contributed by atoms with Gasteiger partial charge in [-0.2, -0.15) is 0 Å². The van der Waals surface area contributed by atoms with Gasteiger partial charge in [0, 0.05) is 87.7 Å². The predicted molar refractivity (Wildman–Crippen MR) is 219 cm³/mol. The molecule has 0 bridgehead atoms. The second-order valence-electron chi connectivity index (χ2n) is 14.4. The fraction of sp³-hybridized carbons (Fsp3) is 0.182. The average molecular weight is 763 g/mol. The number of nitrogens with two attached hydrogens (primary N) is 1. The fourth-order valence-corrected chi connectivity index (χ4v) is 7.63. The van der Waals surface area contributed by atoms with Crippen molar-refractivity contribution in [2.24, 2.45) is 5.73 Å². The van der Waals surface area contributed by atoms with E-state index in [9.17, 15) is 24.3 Å². The third-order valence-electron chi connectivity index (χ3n) is 10.6. The predicted octanol–water partition coefficient (Wildman–Crippen LogP) is 4.75. The SMILES string of the molecule is N[C@H](Cc1c[nH]c2ccccc12)C(=O)N[C@H](Cc1c[nH]c2ccccc12)C(=O)N[C@@H](Cc1c[nH]c2ccccc12)C(=O)N[C@@H](Cc1c[nH]c2ccccc12)C(=O)O. The van der Waals surface area contributed by atoms with Crippen molar-refractivity contribution in [2.75, 3.05) is 0 Å². The standard InChI is InChI=1S/C44H42N8O5/c45-33(17-25-21-46-34-13-5-1-9-29(25)34)41(53)50-38(18-26-22-47-35-14-6-2-10-30(26)35)42(54)51-39(19-27-23-48-36-15-7-3-11-31(27)36)43(55)52-40(44(56)57)20-28-24-49-37-16-8-4-12-32(28)37/h1-16,21-24,33,38-40,46-49H,17-20,45H2,(H,50,53)(H,51,54)(H,52,55)(H,56,57)/t33-,38-,39+,40+/m1/s1. The molecule has 10 N–H and O–H groups in total. The van der Waals surface area contributed by atoms with Crippen molar-refractivity contribution in [1.82, 2.24) is 35.9 Å². The van der Waals surface area contributed by atoms with Crippen molar-refractivity contribution < 1.29 is 24.3 Å². The smallest absolute Gasteiger partial charge is 0.326 e. The van der Waals surface area contributed by atoms with E-state index in [2.05, 4.69) is 35.9 Å². The van der Waals surface area contributed by atoms with E-state index in [0.717, 1.165) is 65.9 Å². The summed E-state index contributed by atoms with van der Waals surface area (Å²) in [7, 11) is 0. The molecular formula is C44H42N8O5. The molecule has 13 nitrogen and oxygen atoms in total. The second-order valence-corrected chi connectivity index (χ2v) is 14.4. The van der Waals surface area contributed by atoms with Crippen LogP contribution >= 0.6 is 0 Å². The highest BCUT2D eigenvalue weighted by Crippen LogP contribution is 2.23. The zero-order valence-corrected chi connectivity index (χ0v) is 30.8. The summed E-state index contributed by atoms with van der Waals surface area (Å²) < 4.78 is 0. The molecule has 8 rings (SSSR count). The van der Waals surface area contributed by atoms with Gasteiger partial charge in [0.1, 0.15) is 18.1 Å². The van der Waals surface area contributed by atoms with E-state index in [1.54, 1.807) is 18.6 Å². The average Bonchev–Trinajstić information content (AvgIpc) is 4.03. The van der Waals surface area contributed by atoms with E-state index < -0.39 is 47.9 Å². The maximum Gasteiger partial charge on any atom is 0.326 e. The molecule has 57 heavy (non-hydrogen) atoms. The number of fused-ring (bicyclic) bond motifs is 4. The van der Waals surface area contributed by atoms with Gasteiger partial charge in [0.15, 0.2) is 0 Å². The number of carbonyl (C=O) groups excluding carboxylic acids is 3. The van der Waals surface area contributed by atoms with Gasteiger partial charge in [-0.15, -0.1) is 0 Å². The molecule has 4 aromatic heterocycles. The first-order chi connectivity index (χ1) is 27.7. The van der Waals surface area contributed by atoms with Crippen molar-refractivity contribution >= 4 is 67.3 Å². The van der Waals surface area contributed by atoms with Crippen LogP contribution in [0.15, 0.2) is 122 Å². The van der Waals surface area contributed by atoms with Crippen molar-refractivity contribution in [3.8, 4) is 0 Å². The lowest BCUT2D eigenvalue weighted by Crippen LogP contribution is -2.58. The van der Waals surface area contributed by atoms with Gasteiger partial charge in [-0.3, -0.25) is 14.4 Å². The Kier molecular flexibility index (Phi) is 10.3. The lowest BCUT2D eigenvalue weighted by molar-refractivity contribution is -0.142. The number of carboxylic acids is 1. The molecular weight excluding hydrogens is 721 g/mol. The summed E-state index contributed by atoms with van der Waals surface area (Å²) in [5.74, 6) is -3.08. The van der Waals surface area contributed by atoms with Crippen molar-refractivity contribution in [3.05, 3.63) is 144 Å². The summed E-state index contributed by atoms with van der Waals surface area (Å²) in [6.45, 7) is 0. The van der Waals surface area contributed by atoms with Crippen LogP contribution in [0, 0.1) is 0 Å². The van der Waals surface area contributed by atoms with Crippen LogP contribution in [-0.4, -0.2) is 72.9 Å². The summed E-state index contributed by atoms with van der Waals surface area (Å²) in [6.07, 6.45) is 7.47. The number of carbonyl (C=O) groups is 4. The molecule has 0 aliphatic carbocycles. The fourth-order valence-electron chi connectivity index (χ4n) is 7.63. The van der Waals surface area contributed by atoms with Crippen LogP contribution in [-0.2, 0) is 44.9 Å². The molecule has 0 spiro atoms. The van der Waals surface area contributed by atoms with Gasteiger partial charge >= 0.3 is 5.97 Å². The van der Waals surface area contributed by atoms with Crippen LogP contribution in [0.5, 0.6) is 0 Å². The minimum atomic E-state index is -1.30. The number of hydrogen-bond donors (Lipinski definition) is 9. The monoisotopic (exact) mass is 762 g/mol. The Bertz CT molecular complexity index is 2740. The van der Waals surface area contributed by atoms with E-state index in [-0.39, 0.29) is 25.7 Å². The largest absolute Gasteiger partial charge is 0.480 e. The van der Waals surface area contributed by atoms with E-state index in [1.807, 2.05) is 103 Å². The van der Waals surface area contributed by atoms with Gasteiger partial charge in [-0.1, -0.05) is 72.8 Å². The van der Waals surface area contributed by atoms with Gasteiger partial charge in [-0.05, 0) is 52.9 Å². The van der Waals surface area contributed by atoms with Crippen LogP contribution in [0.1, 0.15) is 22.3 Å². The van der Waals surface area contributed by atoms with Crippen molar-refractivity contribution in [2.45, 2.75) is 49.9 Å². The Hall–Kier alpha value is -7.12. The van der Waals surface area contributed by atoms with Gasteiger partial charge in [0.25, 0.3) is 0 Å². The Balaban J connectivity index is 1.07. The Morgan fingerprint density at radius 3 is 1.12 bits per heavy atom. The topological polar surface area (TPSA) is 214 Å². The normalized spacial score (nSPS) is 13.7. The molecule has 8 aromatic rings. The summed E-state index contributed by atoms with van der Waals surface area (Å²) >= 11 is 0. The molecule has 13 heteroatoms. The Labute approximate surface area is 326 Å². The minimum Gasteiger partial charge on any atom is -0.480 e. The molecule has 4 atom stereocenters. The molecule has 0 fully saturated rings. The maximum atomic E-state index is 14.5. The van der Waals surface area contributed by atoms with E-state index in [4.69, 9.17) is 5.73 Å². The number of nitrogens with one attached hydrogen (secondary N) is 7. The van der Waals surface area contributed by atoms with E-state index in [1.165, 1.54) is 0 Å². The molecule has 4 heterocycles. The summed E-state index contributed by atoms with van der Waals surface area (Å²) in [5, 5.41) is 22.3. The maximum absolute atomic E-state index is 14.5. The van der Waals surface area contributed by atoms with Gasteiger partial charge < -0.3 is 46.7 Å². The number of aromatic amines is 4. The number of H-pyrrole nitrogens is 4. The summed E-state index contributed by atoms with van der Waals surface area (Å²) in [6, 6.07) is 25.8. The third kappa shape index (κ3) is 7.86. The molecule has 288 valence electrons. The first kappa shape index (κ1) is 36.8. The minimum absolute atomic E-state index is 0.00635. The molecule has 0 radical (unpaired) electrons. The van der Waals surface area contributed by atoms with Gasteiger partial charge in [0.05, 0.1) is 6.04 Å². The highest BCUT2D eigenvalue weighted by molar-refractivity contribution is 5.96. The molecule has 0 unspecified atom stereocenters. The van der Waals surface area contributed by atoms with Gasteiger partial charge in [0.2, 0.25) is 17.7 Å². The van der Waals surface area contributed by atoms with Crippen LogP contribution in [0.25, 0.3) is 43.6 Å². The van der Waals surface area contributed by atoms with Crippen LogP contribution in [0.3, 0.4) is 0 Å². The zero-order chi connectivity index (χ0) is 39.5. The summed E-state index contributed by atoms with van der Waals surface area (Å²) in [4.78, 5) is 68.0. The highest BCUT2D eigenvalue weighted by Gasteiger charge is 2.32. The Morgan fingerprint density at radius 2 is 0.754 bits per heavy atom. The quantitative estimate of drug-likeness (QED) is 0.0719. The number of carboxylic acid groups (broad SMARTS) is 1. The molecule has 0 saturated heterocycles. The van der Waals surface area contributed by atoms with E-state index >= 15 is 0 Å². The molecule has 0 saturated carbocycles. The zero-order valence-electron chi connectivity index (χ0n) is 30.8. The molecule has 0 aliphatic rings. The molecule has 4 aromatic carbocycles. The Morgan fingerprint density at radius 1 is 0.456 bits per heavy atom. The molecule has 3 amide bonds. The number of aromatic nitrogens is 4. The number of benzene rings is 4. The number of rotatable bonds is 15. The number of amides is 3. The van der Waals surface area contributed by atoms with Crippen LogP contribution < -0.4 is 21.7 Å². The first-order valence-corrected chi connectivity index (χ1v) is 18.8. The lowest BCUT2D eigenvalue weighted by Gasteiger charge is -2.25. The van der Waals surface area contributed by atoms with Crippen LogP contribution in [0.4, 0.5) is 0 Å². The van der Waals surface area contributed by atoms with Crippen LogP contribution in [0.2, 0.25) is 0 Å². The molecule has 0 aliphatic heterocycles. The lowest BCUT2D eigenvalue weighted by atomic mass is 10.00. The number of aliphatic carboxylic acids is 1. The van der Waals surface area contributed by atoms with E-state index in [0.29, 0.717) is 0 Å².